The van der Waals surface area contributed by atoms with E-state index in [1.54, 1.807) is 7.11 Å². The first-order valence-electron chi connectivity index (χ1n) is 7.94. The Bertz CT molecular complexity index is 590. The molecule has 120 valence electrons. The van der Waals surface area contributed by atoms with Gasteiger partial charge in [-0.05, 0) is 45.1 Å². The highest BCUT2D eigenvalue weighted by Crippen LogP contribution is 2.22. The molecule has 0 bridgehead atoms. The lowest BCUT2D eigenvalue weighted by atomic mass is 10.0. The van der Waals surface area contributed by atoms with E-state index in [2.05, 4.69) is 53.7 Å². The minimum absolute atomic E-state index is 0.813. The van der Waals surface area contributed by atoms with Gasteiger partial charge in [0.25, 0.3) is 0 Å². The molecule has 22 heavy (non-hydrogen) atoms. The maximum Gasteiger partial charge on any atom is 0.123 e. The first kappa shape index (κ1) is 16.6. The van der Waals surface area contributed by atoms with Crippen LogP contribution in [-0.4, -0.2) is 42.2 Å². The Balaban J connectivity index is 2.14. The third kappa shape index (κ3) is 4.34. The van der Waals surface area contributed by atoms with E-state index in [0.717, 1.165) is 37.5 Å². The van der Waals surface area contributed by atoms with E-state index < -0.39 is 0 Å². The van der Waals surface area contributed by atoms with Gasteiger partial charge in [-0.1, -0.05) is 19.1 Å². The molecule has 0 saturated heterocycles. The van der Waals surface area contributed by atoms with Gasteiger partial charge in [-0.25, -0.2) is 4.98 Å². The predicted octanol–water partition coefficient (Wildman–Crippen LogP) is 3.00. The number of aryl methyl sites for hydroxylation is 2. The number of hydrogen-bond donors (Lipinski definition) is 0. The van der Waals surface area contributed by atoms with Crippen LogP contribution in [0.25, 0.3) is 0 Å². The van der Waals surface area contributed by atoms with Crippen molar-refractivity contribution >= 4 is 0 Å². The normalized spacial score (nSPS) is 11.1. The predicted molar refractivity (Wildman–Crippen MR) is 90.6 cm³/mol. The Morgan fingerprint density at radius 1 is 1.27 bits per heavy atom. The van der Waals surface area contributed by atoms with Crippen LogP contribution in [0.5, 0.6) is 5.75 Å². The molecule has 0 unspecified atom stereocenters. The summed E-state index contributed by atoms with van der Waals surface area (Å²) in [6, 6.07) is 6.53. The molecule has 0 aliphatic carbocycles. The second-order valence-corrected chi connectivity index (χ2v) is 5.88. The van der Waals surface area contributed by atoms with E-state index in [1.165, 1.54) is 17.5 Å². The lowest BCUT2D eigenvalue weighted by Gasteiger charge is -2.14. The molecule has 4 heteroatoms. The van der Waals surface area contributed by atoms with Crippen LogP contribution >= 0.6 is 0 Å². The Labute approximate surface area is 133 Å². The van der Waals surface area contributed by atoms with Crippen LogP contribution in [0.3, 0.4) is 0 Å². The summed E-state index contributed by atoms with van der Waals surface area (Å²) in [6.07, 6.45) is 7.12. The zero-order valence-electron chi connectivity index (χ0n) is 14.2. The zero-order valence-corrected chi connectivity index (χ0v) is 14.2. The number of rotatable bonds is 8. The van der Waals surface area contributed by atoms with Crippen molar-refractivity contribution in [1.82, 2.24) is 14.5 Å². The average Bonchev–Trinajstić information content (AvgIpc) is 2.94. The van der Waals surface area contributed by atoms with Crippen LogP contribution in [0, 0.1) is 0 Å². The molecule has 0 fully saturated rings. The number of hydrogen-bond acceptors (Lipinski definition) is 3. The second kappa shape index (κ2) is 7.99. The van der Waals surface area contributed by atoms with Crippen molar-refractivity contribution in [3.8, 4) is 5.75 Å². The van der Waals surface area contributed by atoms with E-state index in [4.69, 9.17) is 4.74 Å². The quantitative estimate of drug-likeness (QED) is 0.751. The second-order valence-electron chi connectivity index (χ2n) is 5.88. The maximum atomic E-state index is 5.52. The number of methoxy groups -OCH3 is 1. The number of ether oxygens (including phenoxy) is 1. The number of benzene rings is 1. The highest BCUT2D eigenvalue weighted by atomic mass is 16.5. The zero-order chi connectivity index (χ0) is 15.9. The molecule has 0 atom stereocenters. The molecule has 0 aliphatic heterocycles. The molecule has 1 aromatic heterocycles. The van der Waals surface area contributed by atoms with Crippen LogP contribution in [0.2, 0.25) is 0 Å². The van der Waals surface area contributed by atoms with Crippen molar-refractivity contribution in [2.45, 2.75) is 32.7 Å². The molecule has 1 heterocycles. The van der Waals surface area contributed by atoms with Crippen LogP contribution in [0.15, 0.2) is 30.6 Å². The fourth-order valence-corrected chi connectivity index (χ4v) is 2.69. The van der Waals surface area contributed by atoms with Crippen molar-refractivity contribution in [3.63, 3.8) is 0 Å². The first-order chi connectivity index (χ1) is 10.6. The molecule has 2 aromatic rings. The molecular weight excluding hydrogens is 274 g/mol. The third-order valence-corrected chi connectivity index (χ3v) is 3.87. The van der Waals surface area contributed by atoms with Gasteiger partial charge >= 0.3 is 0 Å². The van der Waals surface area contributed by atoms with Gasteiger partial charge in [0.15, 0.2) is 0 Å². The van der Waals surface area contributed by atoms with Gasteiger partial charge in [0.05, 0.1) is 13.7 Å². The smallest absolute Gasteiger partial charge is 0.123 e. The summed E-state index contributed by atoms with van der Waals surface area (Å²) < 4.78 is 7.72. The molecule has 0 radical (unpaired) electrons. The largest absolute Gasteiger partial charge is 0.496 e. The Morgan fingerprint density at radius 2 is 2.09 bits per heavy atom. The highest BCUT2D eigenvalue weighted by molar-refractivity contribution is 5.37. The van der Waals surface area contributed by atoms with Crippen molar-refractivity contribution in [2.24, 2.45) is 0 Å². The average molecular weight is 301 g/mol. The SMILES string of the molecule is CCc1nccn1Cc1cc(CCCN(C)C)ccc1OC. The van der Waals surface area contributed by atoms with Crippen molar-refractivity contribution in [1.29, 1.82) is 0 Å². The molecule has 0 aliphatic rings. The van der Waals surface area contributed by atoms with Crippen molar-refractivity contribution in [2.75, 3.05) is 27.7 Å². The summed E-state index contributed by atoms with van der Waals surface area (Å²) in [5.74, 6) is 2.06. The monoisotopic (exact) mass is 301 g/mol. The Kier molecular flexibility index (Phi) is 6.01. The summed E-state index contributed by atoms with van der Waals surface area (Å²) in [7, 11) is 5.97. The van der Waals surface area contributed by atoms with Crippen LogP contribution in [0.1, 0.15) is 30.3 Å². The van der Waals surface area contributed by atoms with Gasteiger partial charge < -0.3 is 14.2 Å². The fraction of sp³-hybridized carbons (Fsp3) is 0.500. The minimum atomic E-state index is 0.813. The van der Waals surface area contributed by atoms with Gasteiger partial charge in [-0.15, -0.1) is 0 Å². The van der Waals surface area contributed by atoms with E-state index in [9.17, 15) is 0 Å². The molecule has 0 N–H and O–H groups in total. The van der Waals surface area contributed by atoms with Crippen molar-refractivity contribution < 1.29 is 4.74 Å². The van der Waals surface area contributed by atoms with Crippen LogP contribution in [-0.2, 0) is 19.4 Å². The van der Waals surface area contributed by atoms with Crippen LogP contribution < -0.4 is 4.74 Å². The molecule has 1 aromatic carbocycles. The Hall–Kier alpha value is -1.81. The molecule has 2 rings (SSSR count). The van der Waals surface area contributed by atoms with E-state index in [-0.39, 0.29) is 0 Å². The molecule has 4 nitrogen and oxygen atoms in total. The van der Waals surface area contributed by atoms with Gasteiger partial charge in [0, 0.05) is 24.4 Å². The maximum absolute atomic E-state index is 5.52. The van der Waals surface area contributed by atoms with Crippen molar-refractivity contribution in [3.05, 3.63) is 47.5 Å². The Morgan fingerprint density at radius 3 is 2.77 bits per heavy atom. The number of imidazole rings is 1. The number of aromatic nitrogens is 2. The summed E-state index contributed by atoms with van der Waals surface area (Å²) in [5.41, 5.74) is 2.59. The summed E-state index contributed by atoms with van der Waals surface area (Å²) in [4.78, 5) is 6.62. The van der Waals surface area contributed by atoms with Gasteiger partial charge in [0.1, 0.15) is 11.6 Å². The highest BCUT2D eigenvalue weighted by Gasteiger charge is 2.08. The lowest BCUT2D eigenvalue weighted by Crippen LogP contribution is -2.13. The summed E-state index contributed by atoms with van der Waals surface area (Å²) in [5, 5.41) is 0. The summed E-state index contributed by atoms with van der Waals surface area (Å²) >= 11 is 0. The van der Waals surface area contributed by atoms with E-state index >= 15 is 0 Å². The lowest BCUT2D eigenvalue weighted by molar-refractivity contribution is 0.399. The van der Waals surface area contributed by atoms with Crippen LogP contribution in [0.4, 0.5) is 0 Å². The van der Waals surface area contributed by atoms with E-state index in [1.807, 2.05) is 12.4 Å². The van der Waals surface area contributed by atoms with Gasteiger partial charge in [0.2, 0.25) is 0 Å². The van der Waals surface area contributed by atoms with E-state index in [0.29, 0.717) is 0 Å². The molecular formula is C18H27N3O. The third-order valence-electron chi connectivity index (χ3n) is 3.87. The number of nitrogens with zero attached hydrogens (tertiary/aromatic N) is 3. The molecule has 0 spiro atoms. The molecule has 0 amide bonds. The van der Waals surface area contributed by atoms with Gasteiger partial charge in [-0.3, -0.25) is 0 Å². The molecule has 0 saturated carbocycles. The topological polar surface area (TPSA) is 30.3 Å². The minimum Gasteiger partial charge on any atom is -0.496 e. The standard InChI is InChI=1S/C18H27N3O/c1-5-18-19-10-12-21(18)14-16-13-15(7-6-11-20(2)3)8-9-17(16)22-4/h8-10,12-13H,5-7,11,14H2,1-4H3. The summed E-state index contributed by atoms with van der Waals surface area (Å²) in [6.45, 7) is 4.06. The van der Waals surface area contributed by atoms with Gasteiger partial charge in [-0.2, -0.15) is 0 Å². The first-order valence-corrected chi connectivity index (χ1v) is 7.94. The fourth-order valence-electron chi connectivity index (χ4n) is 2.69.